The molecule has 86 valence electrons. The molecule has 0 N–H and O–H groups in total. The Hall–Kier alpha value is -1.96. The molecule has 17 heavy (non-hydrogen) atoms. The standard InChI is InChI=1S/C15H14O2/c1-12(16)11-15(9-7-14(17)8-10-15)13-5-3-2-4-6-13/h2-10H,11H2,1H3. The third-order valence-electron chi connectivity index (χ3n) is 2.94. The summed E-state index contributed by atoms with van der Waals surface area (Å²) in [6.45, 7) is 1.57. The van der Waals surface area contributed by atoms with Crippen LogP contribution in [-0.4, -0.2) is 11.6 Å². The summed E-state index contributed by atoms with van der Waals surface area (Å²) in [7, 11) is 0. The van der Waals surface area contributed by atoms with Crippen molar-refractivity contribution >= 4 is 11.6 Å². The average Bonchev–Trinajstić information content (AvgIpc) is 2.33. The lowest BCUT2D eigenvalue weighted by Gasteiger charge is -2.28. The van der Waals surface area contributed by atoms with E-state index in [1.165, 1.54) is 12.2 Å². The van der Waals surface area contributed by atoms with Crippen LogP contribution in [-0.2, 0) is 15.0 Å². The van der Waals surface area contributed by atoms with Crippen molar-refractivity contribution in [1.82, 2.24) is 0 Å². The summed E-state index contributed by atoms with van der Waals surface area (Å²) in [5, 5.41) is 0. The second-order valence-electron chi connectivity index (χ2n) is 4.35. The average molecular weight is 226 g/mol. The van der Waals surface area contributed by atoms with Gasteiger partial charge in [-0.25, -0.2) is 0 Å². The number of allylic oxidation sites excluding steroid dienone is 4. The van der Waals surface area contributed by atoms with Crippen LogP contribution in [0.1, 0.15) is 18.9 Å². The van der Waals surface area contributed by atoms with Gasteiger partial charge in [0.05, 0.1) is 0 Å². The highest BCUT2D eigenvalue weighted by Crippen LogP contribution is 2.33. The first-order chi connectivity index (χ1) is 8.12. The summed E-state index contributed by atoms with van der Waals surface area (Å²) in [6.07, 6.45) is 7.11. The number of rotatable bonds is 3. The number of Topliss-reactive ketones (excluding diaryl/α,β-unsaturated/α-hetero) is 1. The van der Waals surface area contributed by atoms with Crippen molar-refractivity contribution in [2.24, 2.45) is 0 Å². The van der Waals surface area contributed by atoms with Crippen molar-refractivity contribution in [3.63, 3.8) is 0 Å². The van der Waals surface area contributed by atoms with E-state index in [-0.39, 0.29) is 11.6 Å². The van der Waals surface area contributed by atoms with Gasteiger partial charge in [0, 0.05) is 11.8 Å². The minimum atomic E-state index is -0.457. The third-order valence-corrected chi connectivity index (χ3v) is 2.94. The largest absolute Gasteiger partial charge is 0.300 e. The summed E-state index contributed by atoms with van der Waals surface area (Å²) < 4.78 is 0. The summed E-state index contributed by atoms with van der Waals surface area (Å²) in [6, 6.07) is 9.78. The highest BCUT2D eigenvalue weighted by molar-refractivity contribution is 6.01. The first-order valence-electron chi connectivity index (χ1n) is 5.60. The smallest absolute Gasteiger partial charge is 0.178 e. The molecule has 0 radical (unpaired) electrons. The molecule has 0 atom stereocenters. The Balaban J connectivity index is 2.45. The highest BCUT2D eigenvalue weighted by Gasteiger charge is 2.30. The van der Waals surface area contributed by atoms with Gasteiger partial charge in [-0.3, -0.25) is 9.59 Å². The van der Waals surface area contributed by atoms with Crippen LogP contribution in [0.15, 0.2) is 54.6 Å². The quantitative estimate of drug-likeness (QED) is 0.793. The molecule has 2 nitrogen and oxygen atoms in total. The van der Waals surface area contributed by atoms with E-state index in [0.29, 0.717) is 6.42 Å². The van der Waals surface area contributed by atoms with E-state index in [0.717, 1.165) is 5.56 Å². The molecule has 0 fully saturated rings. The van der Waals surface area contributed by atoms with E-state index in [1.807, 2.05) is 42.5 Å². The van der Waals surface area contributed by atoms with E-state index < -0.39 is 5.41 Å². The molecule has 1 aromatic rings. The summed E-state index contributed by atoms with van der Waals surface area (Å²) in [5.74, 6) is 0.0811. The number of ketones is 2. The summed E-state index contributed by atoms with van der Waals surface area (Å²) in [5.41, 5.74) is 0.580. The lowest BCUT2D eigenvalue weighted by Crippen LogP contribution is -2.26. The lowest BCUT2D eigenvalue weighted by molar-refractivity contribution is -0.117. The van der Waals surface area contributed by atoms with Gasteiger partial charge in [-0.15, -0.1) is 0 Å². The molecule has 2 heteroatoms. The zero-order valence-electron chi connectivity index (χ0n) is 9.72. The number of carbonyl (C=O) groups excluding carboxylic acids is 2. The van der Waals surface area contributed by atoms with E-state index in [9.17, 15) is 9.59 Å². The Morgan fingerprint density at radius 3 is 2.24 bits per heavy atom. The van der Waals surface area contributed by atoms with Crippen molar-refractivity contribution in [3.8, 4) is 0 Å². The second kappa shape index (κ2) is 4.50. The molecule has 0 aliphatic heterocycles. The highest BCUT2D eigenvalue weighted by atomic mass is 16.1. The molecule has 0 aromatic heterocycles. The molecule has 1 aliphatic rings. The Labute approximate surface area is 101 Å². The monoisotopic (exact) mass is 226 g/mol. The van der Waals surface area contributed by atoms with Crippen molar-refractivity contribution < 1.29 is 9.59 Å². The molecule has 0 spiro atoms. The molecule has 0 amide bonds. The molecular formula is C15H14O2. The maximum absolute atomic E-state index is 11.4. The summed E-state index contributed by atoms with van der Waals surface area (Å²) in [4.78, 5) is 22.6. The van der Waals surface area contributed by atoms with Crippen LogP contribution >= 0.6 is 0 Å². The number of hydrogen-bond acceptors (Lipinski definition) is 2. The number of hydrogen-bond donors (Lipinski definition) is 0. The van der Waals surface area contributed by atoms with Crippen molar-refractivity contribution in [1.29, 1.82) is 0 Å². The number of benzene rings is 1. The van der Waals surface area contributed by atoms with Crippen LogP contribution in [0.3, 0.4) is 0 Å². The second-order valence-corrected chi connectivity index (χ2v) is 4.35. The lowest BCUT2D eigenvalue weighted by atomic mass is 9.74. The maximum Gasteiger partial charge on any atom is 0.178 e. The van der Waals surface area contributed by atoms with E-state index in [4.69, 9.17) is 0 Å². The minimum absolute atomic E-state index is 0.0277. The Morgan fingerprint density at radius 2 is 1.71 bits per heavy atom. The molecule has 2 rings (SSSR count). The van der Waals surface area contributed by atoms with Gasteiger partial charge >= 0.3 is 0 Å². The van der Waals surface area contributed by atoms with Gasteiger partial charge in [0.2, 0.25) is 0 Å². The molecule has 0 heterocycles. The van der Waals surface area contributed by atoms with Gasteiger partial charge in [-0.1, -0.05) is 42.5 Å². The zero-order chi connectivity index (χ0) is 12.3. The fourth-order valence-corrected chi connectivity index (χ4v) is 2.15. The molecular weight excluding hydrogens is 212 g/mol. The Morgan fingerprint density at radius 1 is 1.12 bits per heavy atom. The summed E-state index contributed by atoms with van der Waals surface area (Å²) >= 11 is 0. The fourth-order valence-electron chi connectivity index (χ4n) is 2.15. The molecule has 0 saturated carbocycles. The predicted octanol–water partition coefficient (Wildman–Crippen LogP) is 2.60. The molecule has 0 unspecified atom stereocenters. The topological polar surface area (TPSA) is 34.1 Å². The van der Waals surface area contributed by atoms with E-state index in [2.05, 4.69) is 0 Å². The van der Waals surface area contributed by atoms with Gasteiger partial charge in [-0.2, -0.15) is 0 Å². The molecule has 1 aliphatic carbocycles. The number of carbonyl (C=O) groups is 2. The van der Waals surface area contributed by atoms with Crippen LogP contribution in [0.5, 0.6) is 0 Å². The van der Waals surface area contributed by atoms with Gasteiger partial charge in [-0.05, 0) is 24.6 Å². The first kappa shape index (κ1) is 11.5. The molecule has 0 bridgehead atoms. The predicted molar refractivity (Wildman–Crippen MR) is 66.7 cm³/mol. The molecule has 1 aromatic carbocycles. The van der Waals surface area contributed by atoms with Crippen molar-refractivity contribution in [3.05, 3.63) is 60.2 Å². The minimum Gasteiger partial charge on any atom is -0.300 e. The van der Waals surface area contributed by atoms with Crippen LogP contribution < -0.4 is 0 Å². The first-order valence-corrected chi connectivity index (χ1v) is 5.60. The van der Waals surface area contributed by atoms with Crippen LogP contribution in [0, 0.1) is 0 Å². The zero-order valence-corrected chi connectivity index (χ0v) is 9.72. The maximum atomic E-state index is 11.4. The SMILES string of the molecule is CC(=O)CC1(c2ccccc2)C=CC(=O)C=C1. The van der Waals surface area contributed by atoms with Gasteiger partial charge < -0.3 is 0 Å². The van der Waals surface area contributed by atoms with Gasteiger partial charge in [0.25, 0.3) is 0 Å². The normalized spacial score (nSPS) is 17.1. The Bertz CT molecular complexity index is 479. The van der Waals surface area contributed by atoms with E-state index in [1.54, 1.807) is 6.92 Å². The third kappa shape index (κ3) is 2.41. The van der Waals surface area contributed by atoms with Gasteiger partial charge in [0.15, 0.2) is 5.78 Å². The van der Waals surface area contributed by atoms with Crippen LogP contribution in [0.2, 0.25) is 0 Å². The Kier molecular flexibility index (Phi) is 3.05. The fraction of sp³-hybridized carbons (Fsp3) is 0.200. The van der Waals surface area contributed by atoms with Crippen molar-refractivity contribution in [2.45, 2.75) is 18.8 Å². The van der Waals surface area contributed by atoms with Crippen molar-refractivity contribution in [2.75, 3.05) is 0 Å². The van der Waals surface area contributed by atoms with Crippen LogP contribution in [0.4, 0.5) is 0 Å². The van der Waals surface area contributed by atoms with Gasteiger partial charge in [0.1, 0.15) is 5.78 Å². The van der Waals surface area contributed by atoms with Crippen LogP contribution in [0.25, 0.3) is 0 Å². The molecule has 0 saturated heterocycles. The van der Waals surface area contributed by atoms with E-state index >= 15 is 0 Å².